The van der Waals surface area contributed by atoms with Crippen LogP contribution in [0.15, 0.2) is 95.1 Å². The first-order valence-corrected chi connectivity index (χ1v) is 20.7. The van der Waals surface area contributed by atoms with Crippen molar-refractivity contribution in [3.05, 3.63) is 137 Å². The summed E-state index contributed by atoms with van der Waals surface area (Å²) in [6, 6.07) is 16.3. The summed E-state index contributed by atoms with van der Waals surface area (Å²) in [5, 5.41) is 39.5. The predicted octanol–water partition coefficient (Wildman–Crippen LogP) is 8.83. The molecule has 1 aliphatic rings. The average Bonchev–Trinajstić information content (AvgIpc) is 3.30. The zero-order chi connectivity index (χ0) is 49.3. The van der Waals surface area contributed by atoms with Crippen LogP contribution in [0.1, 0.15) is 22.3 Å². The second kappa shape index (κ2) is 21.3. The highest BCUT2D eigenvalue weighted by Gasteiger charge is 2.31. The lowest BCUT2D eigenvalue weighted by Crippen LogP contribution is -2.48. The summed E-state index contributed by atoms with van der Waals surface area (Å²) < 4.78 is 80.9. The minimum atomic E-state index is -4.62. The Morgan fingerprint density at radius 2 is 1.06 bits per heavy atom. The lowest BCUT2D eigenvalue weighted by atomic mass is 10.2. The second-order valence-electron chi connectivity index (χ2n) is 14.4. The van der Waals surface area contributed by atoms with Gasteiger partial charge in [-0.2, -0.15) is 66.4 Å². The number of hydrogen-bond donors (Lipinski definition) is 5. The highest BCUT2D eigenvalue weighted by atomic mass is 35.5. The van der Waals surface area contributed by atoms with Gasteiger partial charge in [0.05, 0.1) is 33.4 Å². The molecular weight excluding hydrogens is 967 g/mol. The van der Waals surface area contributed by atoms with Crippen molar-refractivity contribution in [3.63, 3.8) is 0 Å². The number of non-ortho nitro benzene ring substituents is 2. The third kappa shape index (κ3) is 13.5. The van der Waals surface area contributed by atoms with Gasteiger partial charge in [-0.25, -0.2) is 10.9 Å². The number of halogens is 8. The van der Waals surface area contributed by atoms with E-state index in [-0.39, 0.29) is 86.2 Å². The molecule has 5 N–H and O–H groups in total. The maximum absolute atomic E-state index is 13.5. The minimum absolute atomic E-state index is 0.00521. The lowest BCUT2D eigenvalue weighted by molar-refractivity contribution is -0.385. The molecule has 1 fully saturated rings. The van der Waals surface area contributed by atoms with Gasteiger partial charge in [-0.05, 0) is 48.5 Å². The topological polar surface area (TPSA) is 255 Å². The number of aromatic nitrogens is 6. The smallest absolute Gasteiger partial charge is 0.353 e. The van der Waals surface area contributed by atoms with Crippen LogP contribution in [-0.4, -0.2) is 96.3 Å². The number of rotatable bonds is 17. The Bertz CT molecular complexity index is 2900. The number of hydrogen-bond acceptors (Lipinski definition) is 19. The van der Waals surface area contributed by atoms with E-state index in [1.54, 1.807) is 0 Å². The maximum atomic E-state index is 13.5. The summed E-state index contributed by atoms with van der Waals surface area (Å²) in [6.45, 7) is 2.38. The molecule has 21 nitrogen and oxygen atoms in total. The van der Waals surface area contributed by atoms with Gasteiger partial charge in [0, 0.05) is 96.1 Å². The van der Waals surface area contributed by atoms with Crippen molar-refractivity contribution < 1.29 is 36.2 Å². The van der Waals surface area contributed by atoms with E-state index in [0.29, 0.717) is 32.7 Å². The number of nitrogens with one attached hydrogen (secondary N) is 5. The number of benzene rings is 4. The molecule has 1 saturated heterocycles. The van der Waals surface area contributed by atoms with Crippen molar-refractivity contribution in [2.45, 2.75) is 12.4 Å². The molecule has 1 aliphatic heterocycles. The molecule has 7 rings (SSSR count). The highest BCUT2D eigenvalue weighted by Crippen LogP contribution is 2.33. The van der Waals surface area contributed by atoms with Crippen molar-refractivity contribution in [1.29, 1.82) is 0 Å². The highest BCUT2D eigenvalue weighted by molar-refractivity contribution is 6.33. The molecule has 0 spiro atoms. The normalized spacial score (nSPS) is 13.4. The van der Waals surface area contributed by atoms with Crippen LogP contribution in [0.5, 0.6) is 0 Å². The third-order valence-corrected chi connectivity index (χ3v) is 10.3. The van der Waals surface area contributed by atoms with Crippen LogP contribution in [0, 0.1) is 20.2 Å². The van der Waals surface area contributed by atoms with E-state index in [1.165, 1.54) is 73.1 Å². The van der Waals surface area contributed by atoms with Crippen LogP contribution >= 0.6 is 23.2 Å². The first-order valence-electron chi connectivity index (χ1n) is 19.9. The standard InChI is InChI=1S/C40H33Cl2F6N17O4/c41-31-9-7-29(64(66)67)17-23(31)21-50-60-36-55-33(54-34(56-36)52-27-5-1-3-25(19-27)39(43,44)45)49-11-12-62-13-15-63(16-14-62)38-58-35(53-28-6-2-4-26(20-28)40(46,47)48)57-37(59-38)61-51-22-24-18-30(65(68)69)8-10-32(24)42/h1-10,17-22H,11-16H2,(H2,53,57,58,59,61)(H3,49,52,54,55,56,60). The monoisotopic (exact) mass is 999 g/mol. The van der Waals surface area contributed by atoms with Crippen LogP contribution in [0.3, 0.4) is 0 Å². The number of nitro benzene ring substituents is 2. The number of hydrazone groups is 2. The van der Waals surface area contributed by atoms with Crippen LogP contribution in [0.4, 0.5) is 84.8 Å². The quantitative estimate of drug-likeness (QED) is 0.0247. The summed E-state index contributed by atoms with van der Waals surface area (Å²) >= 11 is 12.4. The van der Waals surface area contributed by atoms with Gasteiger partial charge < -0.3 is 20.9 Å². The number of piperazine rings is 1. The van der Waals surface area contributed by atoms with E-state index >= 15 is 0 Å². The van der Waals surface area contributed by atoms with E-state index in [4.69, 9.17) is 23.2 Å². The van der Waals surface area contributed by atoms with Gasteiger partial charge in [0.1, 0.15) is 0 Å². The Kier molecular flexibility index (Phi) is 15.1. The summed E-state index contributed by atoms with van der Waals surface area (Å²) in [4.78, 5) is 51.2. The fourth-order valence-corrected chi connectivity index (χ4v) is 6.61. The molecular formula is C40H33Cl2F6N17O4. The van der Waals surface area contributed by atoms with Crippen LogP contribution < -0.4 is 31.7 Å². The van der Waals surface area contributed by atoms with E-state index in [9.17, 15) is 46.6 Å². The Hall–Kier alpha value is -8.04. The van der Waals surface area contributed by atoms with E-state index in [1.807, 2.05) is 4.90 Å². The van der Waals surface area contributed by atoms with E-state index in [0.717, 1.165) is 24.3 Å². The molecule has 69 heavy (non-hydrogen) atoms. The fraction of sp³-hybridized carbons (Fsp3) is 0.200. The Morgan fingerprint density at radius 1 is 0.609 bits per heavy atom. The Balaban J connectivity index is 1.04. The molecule has 0 bridgehead atoms. The van der Waals surface area contributed by atoms with Crippen LogP contribution in [0.2, 0.25) is 10.0 Å². The molecule has 4 aromatic carbocycles. The predicted molar refractivity (Wildman–Crippen MR) is 245 cm³/mol. The van der Waals surface area contributed by atoms with Crippen molar-refractivity contribution >= 4 is 94.1 Å². The number of alkyl halides is 6. The molecule has 0 atom stereocenters. The summed E-state index contributed by atoms with van der Waals surface area (Å²) in [6.07, 6.45) is -6.82. The number of nitrogens with zero attached hydrogens (tertiary/aromatic N) is 12. The largest absolute Gasteiger partial charge is 0.416 e. The first kappa shape index (κ1) is 48.9. The molecule has 3 heterocycles. The van der Waals surface area contributed by atoms with Gasteiger partial charge in [0.15, 0.2) is 0 Å². The number of nitro groups is 2. The van der Waals surface area contributed by atoms with Crippen molar-refractivity contribution in [2.24, 2.45) is 10.2 Å². The minimum Gasteiger partial charge on any atom is -0.353 e. The molecule has 0 unspecified atom stereocenters. The zero-order valence-electron chi connectivity index (χ0n) is 35.0. The van der Waals surface area contributed by atoms with Gasteiger partial charge in [0.25, 0.3) is 11.4 Å². The average molecular weight is 1000 g/mol. The third-order valence-electron chi connectivity index (χ3n) is 9.63. The number of anilines is 8. The molecule has 0 saturated carbocycles. The van der Waals surface area contributed by atoms with E-state index < -0.39 is 33.3 Å². The second-order valence-corrected chi connectivity index (χ2v) is 15.2. The molecule has 0 aliphatic carbocycles. The molecule has 0 amide bonds. The van der Waals surface area contributed by atoms with Gasteiger partial charge in [-0.3, -0.25) is 25.1 Å². The summed E-state index contributed by atoms with van der Waals surface area (Å²) in [5.41, 5.74) is 3.40. The van der Waals surface area contributed by atoms with Crippen molar-refractivity contribution in [1.82, 2.24) is 34.8 Å². The molecule has 0 radical (unpaired) electrons. The molecule has 29 heteroatoms. The summed E-state index contributed by atoms with van der Waals surface area (Å²) in [5.74, 6) is -0.400. The first-order chi connectivity index (χ1) is 32.9. The summed E-state index contributed by atoms with van der Waals surface area (Å²) in [7, 11) is 0. The lowest BCUT2D eigenvalue weighted by Gasteiger charge is -2.34. The van der Waals surface area contributed by atoms with Crippen LogP contribution in [-0.2, 0) is 12.4 Å². The SMILES string of the molecule is O=[N+]([O-])c1ccc(Cl)c(C=NNc2nc(NCCN3CCN(c4nc(NN=Cc5cc([N+](=O)[O-])ccc5Cl)nc(Nc5cccc(C(F)(F)F)c5)n4)CC3)nc(Nc3cccc(C(F)(F)F)c3)n2)c1. The van der Waals surface area contributed by atoms with Gasteiger partial charge >= 0.3 is 12.4 Å². The maximum Gasteiger partial charge on any atom is 0.416 e. The fourth-order valence-electron chi connectivity index (χ4n) is 6.28. The zero-order valence-corrected chi connectivity index (χ0v) is 36.5. The van der Waals surface area contributed by atoms with E-state index in [2.05, 4.69) is 71.8 Å². The molecule has 2 aromatic heterocycles. The van der Waals surface area contributed by atoms with Gasteiger partial charge in [-0.15, -0.1) is 0 Å². The van der Waals surface area contributed by atoms with Crippen molar-refractivity contribution in [2.75, 3.05) is 71.0 Å². The Labute approximate surface area is 395 Å². The van der Waals surface area contributed by atoms with Gasteiger partial charge in [-0.1, -0.05) is 35.3 Å². The van der Waals surface area contributed by atoms with Crippen molar-refractivity contribution in [3.8, 4) is 0 Å². The van der Waals surface area contributed by atoms with Gasteiger partial charge in [0.2, 0.25) is 35.7 Å². The van der Waals surface area contributed by atoms with Crippen LogP contribution in [0.25, 0.3) is 0 Å². The molecule has 358 valence electrons. The molecule has 6 aromatic rings. The Morgan fingerprint density at radius 3 is 1.55 bits per heavy atom.